The molecule has 5 heteroatoms. The van der Waals surface area contributed by atoms with Crippen molar-refractivity contribution >= 4 is 16.9 Å². The Morgan fingerprint density at radius 2 is 1.76 bits per heavy atom. The molecule has 3 rings (SSSR count). The lowest BCUT2D eigenvalue weighted by Gasteiger charge is -2.10. The number of pyridine rings is 1. The number of carbonyl (C=O) groups is 1. The minimum atomic E-state index is -0.119. The number of fused-ring (bicyclic) bond motifs is 1. The number of carbonyl (C=O) groups excluding carboxylic acids is 1. The van der Waals surface area contributed by atoms with E-state index in [1.54, 1.807) is 12.3 Å². The first-order valence-electron chi connectivity index (χ1n) is 10.9. The minimum absolute atomic E-state index is 0.119. The molecule has 29 heavy (non-hydrogen) atoms. The highest BCUT2D eigenvalue weighted by molar-refractivity contribution is 5.92. The normalized spacial score (nSPS) is 11.1. The second-order valence-corrected chi connectivity index (χ2v) is 7.51. The fraction of sp³-hybridized carbons (Fsp3) is 0.458. The summed E-state index contributed by atoms with van der Waals surface area (Å²) in [5.41, 5.74) is 2.74. The zero-order valence-corrected chi connectivity index (χ0v) is 17.4. The molecule has 0 unspecified atom stereocenters. The van der Waals surface area contributed by atoms with Crippen molar-refractivity contribution in [2.24, 2.45) is 0 Å². The third-order valence-corrected chi connectivity index (χ3v) is 5.23. The third kappa shape index (κ3) is 6.14. The third-order valence-electron chi connectivity index (χ3n) is 5.23. The number of nitrogens with one attached hydrogen (secondary N) is 1. The quantitative estimate of drug-likeness (QED) is 0.433. The molecular weight excluding hydrogens is 360 g/mol. The number of aryl methyl sites for hydroxylation is 2. The molecule has 0 radical (unpaired) electrons. The number of unbranched alkanes of at least 4 members (excludes halogenated alkanes) is 5. The Balaban J connectivity index is 1.53. The molecule has 0 saturated carbocycles. The van der Waals surface area contributed by atoms with E-state index in [1.165, 1.54) is 44.0 Å². The molecule has 0 bridgehead atoms. The molecule has 0 spiro atoms. The first-order valence-corrected chi connectivity index (χ1v) is 10.9. The number of hydrogen-bond acceptors (Lipinski definition) is 3. The molecule has 154 valence electrons. The first-order chi connectivity index (χ1) is 14.3. The van der Waals surface area contributed by atoms with Gasteiger partial charge < -0.3 is 9.88 Å². The van der Waals surface area contributed by atoms with E-state index in [0.29, 0.717) is 12.2 Å². The number of benzene rings is 1. The Bertz CT molecular complexity index is 888. The van der Waals surface area contributed by atoms with Crippen LogP contribution in [0.3, 0.4) is 0 Å². The molecule has 1 N–H and O–H groups in total. The second-order valence-electron chi connectivity index (χ2n) is 7.51. The Labute approximate surface area is 173 Å². The van der Waals surface area contributed by atoms with Crippen molar-refractivity contribution in [1.29, 1.82) is 0 Å². The highest BCUT2D eigenvalue weighted by Gasteiger charge is 2.11. The van der Waals surface area contributed by atoms with Crippen molar-refractivity contribution in [3.8, 4) is 0 Å². The molecule has 0 aliphatic heterocycles. The molecule has 0 saturated heterocycles. The summed E-state index contributed by atoms with van der Waals surface area (Å²) in [5.74, 6) is 0.998. The molecule has 1 amide bonds. The SMILES string of the molecule is CCCCCCCCn1c(CCCNC(=O)c2ccccn2)nc2ccccc21. The van der Waals surface area contributed by atoms with Gasteiger partial charge in [0.05, 0.1) is 11.0 Å². The van der Waals surface area contributed by atoms with E-state index in [4.69, 9.17) is 4.98 Å². The molecule has 0 aliphatic rings. The van der Waals surface area contributed by atoms with Crippen molar-refractivity contribution in [1.82, 2.24) is 19.9 Å². The van der Waals surface area contributed by atoms with Crippen LogP contribution in [0.15, 0.2) is 48.7 Å². The first kappa shape index (κ1) is 21.0. The van der Waals surface area contributed by atoms with Gasteiger partial charge in [-0.05, 0) is 37.1 Å². The summed E-state index contributed by atoms with van der Waals surface area (Å²) in [6.07, 6.45) is 11.1. The Hall–Kier alpha value is -2.69. The lowest BCUT2D eigenvalue weighted by atomic mass is 10.1. The predicted octanol–water partition coefficient (Wildman–Crippen LogP) is 5.15. The molecule has 1 aromatic carbocycles. The standard InChI is InChI=1S/C24H32N4O/c1-2-3-4-5-6-11-19-28-22-15-8-7-13-20(22)27-23(28)16-12-18-26-24(29)21-14-9-10-17-25-21/h7-10,13-15,17H,2-6,11-12,16,18-19H2,1H3,(H,26,29). The molecular formula is C24H32N4O. The molecule has 0 atom stereocenters. The maximum Gasteiger partial charge on any atom is 0.269 e. The average molecular weight is 393 g/mol. The fourth-order valence-electron chi connectivity index (χ4n) is 3.65. The second kappa shape index (κ2) is 11.3. The van der Waals surface area contributed by atoms with Gasteiger partial charge in [0.2, 0.25) is 0 Å². The molecule has 2 aromatic heterocycles. The predicted molar refractivity (Wildman–Crippen MR) is 118 cm³/mol. The number of nitrogens with zero attached hydrogens (tertiary/aromatic N) is 3. The maximum absolute atomic E-state index is 12.1. The van der Waals surface area contributed by atoms with Gasteiger partial charge in [-0.2, -0.15) is 0 Å². The topological polar surface area (TPSA) is 59.8 Å². The lowest BCUT2D eigenvalue weighted by Crippen LogP contribution is -2.25. The van der Waals surface area contributed by atoms with Crippen LogP contribution in [0.4, 0.5) is 0 Å². The van der Waals surface area contributed by atoms with E-state index < -0.39 is 0 Å². The molecule has 0 aliphatic carbocycles. The van der Waals surface area contributed by atoms with Crippen molar-refractivity contribution in [3.05, 3.63) is 60.2 Å². The average Bonchev–Trinajstić information content (AvgIpc) is 3.11. The van der Waals surface area contributed by atoms with Crippen LogP contribution in [0.1, 0.15) is 68.2 Å². The van der Waals surface area contributed by atoms with E-state index in [-0.39, 0.29) is 5.91 Å². The Kier molecular flexibility index (Phi) is 8.23. The fourth-order valence-corrected chi connectivity index (χ4v) is 3.65. The van der Waals surface area contributed by atoms with Crippen molar-refractivity contribution < 1.29 is 4.79 Å². The molecule has 5 nitrogen and oxygen atoms in total. The zero-order valence-electron chi connectivity index (χ0n) is 17.4. The molecule has 3 aromatic rings. The molecule has 2 heterocycles. The van der Waals surface area contributed by atoms with Gasteiger partial charge in [-0.3, -0.25) is 9.78 Å². The number of para-hydroxylation sites is 2. The van der Waals surface area contributed by atoms with Crippen LogP contribution in [0.5, 0.6) is 0 Å². The van der Waals surface area contributed by atoms with Gasteiger partial charge in [-0.1, -0.05) is 57.2 Å². The van der Waals surface area contributed by atoms with Gasteiger partial charge in [0.15, 0.2) is 0 Å². The Morgan fingerprint density at radius 1 is 0.966 bits per heavy atom. The number of rotatable bonds is 12. The Morgan fingerprint density at radius 3 is 2.59 bits per heavy atom. The maximum atomic E-state index is 12.1. The van der Waals surface area contributed by atoms with Crippen LogP contribution in [-0.2, 0) is 13.0 Å². The van der Waals surface area contributed by atoms with E-state index in [1.807, 2.05) is 18.2 Å². The summed E-state index contributed by atoms with van der Waals surface area (Å²) in [7, 11) is 0. The summed E-state index contributed by atoms with van der Waals surface area (Å²) < 4.78 is 2.37. The van der Waals surface area contributed by atoms with Crippen molar-refractivity contribution in [2.45, 2.75) is 64.8 Å². The van der Waals surface area contributed by atoms with E-state index in [0.717, 1.165) is 30.7 Å². The van der Waals surface area contributed by atoms with Gasteiger partial charge in [0.1, 0.15) is 11.5 Å². The number of amides is 1. The summed E-state index contributed by atoms with van der Waals surface area (Å²) in [6.45, 7) is 3.89. The minimum Gasteiger partial charge on any atom is -0.351 e. The van der Waals surface area contributed by atoms with Gasteiger partial charge in [0, 0.05) is 25.7 Å². The zero-order chi connectivity index (χ0) is 20.3. The monoisotopic (exact) mass is 392 g/mol. The summed E-state index contributed by atoms with van der Waals surface area (Å²) >= 11 is 0. The number of imidazole rings is 1. The van der Waals surface area contributed by atoms with Gasteiger partial charge in [-0.25, -0.2) is 4.98 Å². The van der Waals surface area contributed by atoms with E-state index in [9.17, 15) is 4.79 Å². The van der Waals surface area contributed by atoms with Gasteiger partial charge >= 0.3 is 0 Å². The smallest absolute Gasteiger partial charge is 0.269 e. The van der Waals surface area contributed by atoms with Crippen molar-refractivity contribution in [2.75, 3.05) is 6.54 Å². The summed E-state index contributed by atoms with van der Waals surface area (Å²) in [4.78, 5) is 21.1. The van der Waals surface area contributed by atoms with E-state index >= 15 is 0 Å². The van der Waals surface area contributed by atoms with Crippen molar-refractivity contribution in [3.63, 3.8) is 0 Å². The van der Waals surface area contributed by atoms with Crippen LogP contribution in [-0.4, -0.2) is 27.0 Å². The van der Waals surface area contributed by atoms with Crippen LogP contribution in [0, 0.1) is 0 Å². The highest BCUT2D eigenvalue weighted by Crippen LogP contribution is 2.18. The largest absolute Gasteiger partial charge is 0.351 e. The van der Waals surface area contributed by atoms with Crippen LogP contribution >= 0.6 is 0 Å². The number of hydrogen-bond donors (Lipinski definition) is 1. The lowest BCUT2D eigenvalue weighted by molar-refractivity contribution is 0.0948. The van der Waals surface area contributed by atoms with Crippen LogP contribution < -0.4 is 5.32 Å². The number of aromatic nitrogens is 3. The van der Waals surface area contributed by atoms with Crippen LogP contribution in [0.25, 0.3) is 11.0 Å². The van der Waals surface area contributed by atoms with Gasteiger partial charge in [-0.15, -0.1) is 0 Å². The highest BCUT2D eigenvalue weighted by atomic mass is 16.1. The van der Waals surface area contributed by atoms with Gasteiger partial charge in [0.25, 0.3) is 5.91 Å². The molecule has 0 fully saturated rings. The van der Waals surface area contributed by atoms with E-state index in [2.05, 4.69) is 40.0 Å². The van der Waals surface area contributed by atoms with Crippen LogP contribution in [0.2, 0.25) is 0 Å². The summed E-state index contributed by atoms with van der Waals surface area (Å²) in [6, 6.07) is 13.7. The summed E-state index contributed by atoms with van der Waals surface area (Å²) in [5, 5.41) is 2.96.